The number of pyridine rings is 1. The van der Waals surface area contributed by atoms with Gasteiger partial charge in [0.15, 0.2) is 11.5 Å². The van der Waals surface area contributed by atoms with E-state index in [1.807, 2.05) is 13.0 Å². The zero-order chi connectivity index (χ0) is 23.2. The molecule has 0 aliphatic heterocycles. The molecule has 33 heavy (non-hydrogen) atoms. The van der Waals surface area contributed by atoms with Crippen LogP contribution in [0.4, 0.5) is 0 Å². The van der Waals surface area contributed by atoms with Crippen molar-refractivity contribution in [2.75, 3.05) is 19.8 Å². The molecule has 0 unspecified atom stereocenters. The van der Waals surface area contributed by atoms with Crippen LogP contribution in [0, 0.1) is 0 Å². The van der Waals surface area contributed by atoms with E-state index in [4.69, 9.17) is 9.47 Å². The molecule has 0 aliphatic carbocycles. The van der Waals surface area contributed by atoms with Gasteiger partial charge in [-0.2, -0.15) is 0 Å². The maximum absolute atomic E-state index is 12.0. The molecular formula is C23H23N5O5. The summed E-state index contributed by atoms with van der Waals surface area (Å²) in [6, 6.07) is 12.3. The van der Waals surface area contributed by atoms with Crippen LogP contribution in [0.1, 0.15) is 23.8 Å². The molecular weight excluding hydrogens is 426 g/mol. The van der Waals surface area contributed by atoms with Gasteiger partial charge in [0, 0.05) is 24.0 Å². The van der Waals surface area contributed by atoms with Crippen molar-refractivity contribution in [3.05, 3.63) is 75.2 Å². The van der Waals surface area contributed by atoms with E-state index in [-0.39, 0.29) is 11.4 Å². The summed E-state index contributed by atoms with van der Waals surface area (Å²) in [7, 11) is 0. The molecule has 0 fully saturated rings. The highest BCUT2D eigenvalue weighted by molar-refractivity contribution is 5.92. The number of hydrogen-bond acceptors (Lipinski definition) is 6. The molecule has 3 heterocycles. The van der Waals surface area contributed by atoms with E-state index in [1.54, 1.807) is 42.6 Å². The molecule has 0 radical (unpaired) electrons. The van der Waals surface area contributed by atoms with Gasteiger partial charge in [0.2, 0.25) is 0 Å². The summed E-state index contributed by atoms with van der Waals surface area (Å²) < 4.78 is 11.6. The second kappa shape index (κ2) is 9.86. The lowest BCUT2D eigenvalue weighted by molar-refractivity contribution is 0.0946. The van der Waals surface area contributed by atoms with Crippen LogP contribution in [0.25, 0.3) is 22.3 Å². The second-order valence-electron chi connectivity index (χ2n) is 7.15. The first-order valence-corrected chi connectivity index (χ1v) is 10.5. The number of carbonyl (C=O) groups excluding carboxylic acids is 1. The number of rotatable bonds is 9. The Hall–Kier alpha value is -4.34. The van der Waals surface area contributed by atoms with Gasteiger partial charge in [-0.15, -0.1) is 0 Å². The predicted octanol–water partition coefficient (Wildman–Crippen LogP) is 2.20. The summed E-state index contributed by atoms with van der Waals surface area (Å²) in [5.74, 6) is 0.890. The monoisotopic (exact) mass is 449 g/mol. The molecule has 10 nitrogen and oxygen atoms in total. The SMILES string of the molecule is CCOc1cc(-c2cc3[nH]c(=O)[nH]c(=O)c3[nH]2)ccc1OCCCNC(=O)c1ccccn1. The topological polar surface area (TPSA) is 142 Å². The van der Waals surface area contributed by atoms with Gasteiger partial charge in [0.1, 0.15) is 11.2 Å². The highest BCUT2D eigenvalue weighted by Gasteiger charge is 2.12. The minimum absolute atomic E-state index is 0.228. The summed E-state index contributed by atoms with van der Waals surface area (Å²) in [5, 5.41) is 2.81. The number of nitrogens with zero attached hydrogens (tertiary/aromatic N) is 1. The minimum Gasteiger partial charge on any atom is -0.490 e. The Kier molecular flexibility index (Phi) is 6.53. The Morgan fingerprint density at radius 2 is 1.91 bits per heavy atom. The molecule has 3 aromatic heterocycles. The van der Waals surface area contributed by atoms with Crippen LogP contribution in [0.2, 0.25) is 0 Å². The number of carbonyl (C=O) groups is 1. The van der Waals surface area contributed by atoms with Crippen molar-refractivity contribution in [2.45, 2.75) is 13.3 Å². The first-order valence-electron chi connectivity index (χ1n) is 10.5. The van der Waals surface area contributed by atoms with Crippen molar-refractivity contribution in [3.8, 4) is 22.8 Å². The maximum atomic E-state index is 12.0. The summed E-state index contributed by atoms with van der Waals surface area (Å²) in [6.07, 6.45) is 2.17. The van der Waals surface area contributed by atoms with Crippen LogP contribution in [-0.4, -0.2) is 45.6 Å². The standard InChI is InChI=1S/C23H23N5O5/c1-2-32-19-12-14(16-13-17-20(26-16)22(30)28-23(31)27-17)7-8-18(19)33-11-5-10-25-21(29)15-6-3-4-9-24-15/h3-4,6-9,12-13,26H,2,5,10-11H2,1H3,(H,25,29)(H2,27,28,30,31). The van der Waals surface area contributed by atoms with E-state index >= 15 is 0 Å². The van der Waals surface area contributed by atoms with Crippen LogP contribution in [0.3, 0.4) is 0 Å². The van der Waals surface area contributed by atoms with E-state index in [0.717, 1.165) is 5.56 Å². The lowest BCUT2D eigenvalue weighted by Crippen LogP contribution is -2.26. The maximum Gasteiger partial charge on any atom is 0.326 e. The fourth-order valence-electron chi connectivity index (χ4n) is 3.31. The quantitative estimate of drug-likeness (QED) is 0.289. The van der Waals surface area contributed by atoms with Crippen molar-refractivity contribution in [2.24, 2.45) is 0 Å². The van der Waals surface area contributed by atoms with Gasteiger partial charge in [0.05, 0.1) is 18.7 Å². The average Bonchev–Trinajstić information content (AvgIpc) is 3.25. The molecule has 0 atom stereocenters. The van der Waals surface area contributed by atoms with Crippen LogP contribution in [-0.2, 0) is 0 Å². The van der Waals surface area contributed by atoms with Crippen LogP contribution >= 0.6 is 0 Å². The molecule has 170 valence electrons. The smallest absolute Gasteiger partial charge is 0.326 e. The van der Waals surface area contributed by atoms with Gasteiger partial charge in [0.25, 0.3) is 11.5 Å². The van der Waals surface area contributed by atoms with Crippen LogP contribution in [0.5, 0.6) is 11.5 Å². The van der Waals surface area contributed by atoms with Crippen LogP contribution in [0.15, 0.2) is 58.3 Å². The molecule has 4 rings (SSSR count). The van der Waals surface area contributed by atoms with E-state index in [9.17, 15) is 14.4 Å². The third-order valence-corrected chi connectivity index (χ3v) is 4.84. The highest BCUT2D eigenvalue weighted by Crippen LogP contribution is 2.33. The Balaban J connectivity index is 1.41. The van der Waals surface area contributed by atoms with Crippen molar-refractivity contribution in [1.82, 2.24) is 25.3 Å². The zero-order valence-electron chi connectivity index (χ0n) is 17.9. The number of benzene rings is 1. The Labute approximate surface area is 188 Å². The Morgan fingerprint density at radius 1 is 1.03 bits per heavy atom. The number of ether oxygens (including phenoxy) is 2. The Morgan fingerprint density at radius 3 is 2.70 bits per heavy atom. The van der Waals surface area contributed by atoms with Gasteiger partial charge < -0.3 is 24.8 Å². The molecule has 1 aromatic carbocycles. The number of nitrogens with one attached hydrogen (secondary N) is 4. The number of fused-ring (bicyclic) bond motifs is 1. The lowest BCUT2D eigenvalue weighted by Gasteiger charge is -2.13. The summed E-state index contributed by atoms with van der Waals surface area (Å²) in [5.41, 5.74) is 1.45. The molecule has 10 heteroatoms. The van der Waals surface area contributed by atoms with E-state index in [2.05, 4.69) is 25.3 Å². The van der Waals surface area contributed by atoms with Gasteiger partial charge in [-0.3, -0.25) is 19.6 Å². The van der Waals surface area contributed by atoms with Crippen molar-refractivity contribution in [1.29, 1.82) is 0 Å². The third-order valence-electron chi connectivity index (χ3n) is 4.84. The van der Waals surface area contributed by atoms with Gasteiger partial charge in [-0.05, 0) is 49.7 Å². The number of H-pyrrole nitrogens is 3. The highest BCUT2D eigenvalue weighted by atomic mass is 16.5. The molecule has 0 bridgehead atoms. The van der Waals surface area contributed by atoms with Crippen molar-refractivity contribution >= 4 is 16.9 Å². The molecule has 0 saturated heterocycles. The molecule has 4 aromatic rings. The van der Waals surface area contributed by atoms with E-state index in [1.165, 1.54) is 0 Å². The van der Waals surface area contributed by atoms with Gasteiger partial charge in [-0.1, -0.05) is 6.07 Å². The fraction of sp³-hybridized carbons (Fsp3) is 0.217. The molecule has 4 N–H and O–H groups in total. The Bertz CT molecular complexity index is 1370. The second-order valence-corrected chi connectivity index (χ2v) is 7.15. The third kappa shape index (κ3) is 5.12. The fourth-order valence-corrected chi connectivity index (χ4v) is 3.31. The van der Waals surface area contributed by atoms with Crippen molar-refractivity contribution < 1.29 is 14.3 Å². The zero-order valence-corrected chi connectivity index (χ0v) is 17.9. The minimum atomic E-state index is -0.562. The number of aromatic amines is 3. The van der Waals surface area contributed by atoms with E-state index in [0.29, 0.717) is 54.6 Å². The predicted molar refractivity (Wildman–Crippen MR) is 123 cm³/mol. The molecule has 0 saturated carbocycles. The number of amides is 1. The van der Waals surface area contributed by atoms with Crippen LogP contribution < -0.4 is 26.0 Å². The molecule has 0 aliphatic rings. The molecule has 0 spiro atoms. The number of hydrogen-bond donors (Lipinski definition) is 4. The lowest BCUT2D eigenvalue weighted by atomic mass is 10.1. The first-order chi connectivity index (χ1) is 16.0. The first kappa shape index (κ1) is 21.9. The largest absolute Gasteiger partial charge is 0.490 e. The normalized spacial score (nSPS) is 10.8. The summed E-state index contributed by atoms with van der Waals surface area (Å²) in [4.78, 5) is 47.3. The number of aromatic nitrogens is 4. The summed E-state index contributed by atoms with van der Waals surface area (Å²) in [6.45, 7) is 3.14. The van der Waals surface area contributed by atoms with Crippen molar-refractivity contribution in [3.63, 3.8) is 0 Å². The van der Waals surface area contributed by atoms with Gasteiger partial charge >= 0.3 is 5.69 Å². The van der Waals surface area contributed by atoms with E-state index < -0.39 is 11.2 Å². The van der Waals surface area contributed by atoms with Gasteiger partial charge in [-0.25, -0.2) is 4.79 Å². The average molecular weight is 449 g/mol. The summed E-state index contributed by atoms with van der Waals surface area (Å²) >= 11 is 0. The molecule has 1 amide bonds.